The Labute approximate surface area is 183 Å². The van der Waals surface area contributed by atoms with E-state index in [1.54, 1.807) is 11.8 Å². The summed E-state index contributed by atoms with van der Waals surface area (Å²) in [6, 6.07) is 15.2. The van der Waals surface area contributed by atoms with Gasteiger partial charge in [0.1, 0.15) is 6.04 Å². The van der Waals surface area contributed by atoms with Crippen LogP contribution in [-0.2, 0) is 22.6 Å². The summed E-state index contributed by atoms with van der Waals surface area (Å²) in [5, 5.41) is 9.23. The minimum absolute atomic E-state index is 0.124. The van der Waals surface area contributed by atoms with E-state index in [2.05, 4.69) is 41.9 Å². The van der Waals surface area contributed by atoms with Crippen LogP contribution in [0.2, 0.25) is 0 Å². The highest BCUT2D eigenvalue weighted by atomic mass is 32.2. The van der Waals surface area contributed by atoms with Crippen molar-refractivity contribution in [1.29, 1.82) is 0 Å². The van der Waals surface area contributed by atoms with Crippen molar-refractivity contribution < 1.29 is 9.59 Å². The fourth-order valence-electron chi connectivity index (χ4n) is 3.60. The van der Waals surface area contributed by atoms with Crippen molar-refractivity contribution in [3.8, 4) is 0 Å². The van der Waals surface area contributed by atoms with E-state index in [1.165, 1.54) is 16.7 Å². The lowest BCUT2D eigenvalue weighted by molar-refractivity contribution is -0.128. The standard InChI is InChI=1S/C24H31N3O2S/c1-16(2)17-8-10-20(11-9-17)26-23(28)21(12-13-30-3)27-24(29)22-14-18-6-4-5-7-19(18)15-25-22/h4-11,16,21-22,25H,12-15H2,1-3H3,(H,26,28)(H,27,29)/t21-,22+/m0/s1. The number of anilines is 1. The maximum absolute atomic E-state index is 12.9. The van der Waals surface area contributed by atoms with Crippen molar-refractivity contribution >= 4 is 29.3 Å². The number of hydrogen-bond acceptors (Lipinski definition) is 4. The first-order valence-corrected chi connectivity index (χ1v) is 11.9. The molecular weight excluding hydrogens is 394 g/mol. The molecule has 1 aliphatic rings. The summed E-state index contributed by atoms with van der Waals surface area (Å²) >= 11 is 1.67. The molecule has 160 valence electrons. The van der Waals surface area contributed by atoms with Crippen LogP contribution in [0, 0.1) is 0 Å². The lowest BCUT2D eigenvalue weighted by Gasteiger charge is -2.27. The monoisotopic (exact) mass is 425 g/mol. The maximum Gasteiger partial charge on any atom is 0.246 e. The van der Waals surface area contributed by atoms with Crippen LogP contribution < -0.4 is 16.0 Å². The van der Waals surface area contributed by atoms with Crippen LogP contribution in [0.3, 0.4) is 0 Å². The summed E-state index contributed by atoms with van der Waals surface area (Å²) in [7, 11) is 0. The number of benzene rings is 2. The van der Waals surface area contributed by atoms with Gasteiger partial charge >= 0.3 is 0 Å². The SMILES string of the molecule is CSCC[C@H](NC(=O)[C@H]1Cc2ccccc2CN1)C(=O)Nc1ccc(C(C)C)cc1. The van der Waals surface area contributed by atoms with Gasteiger partial charge in [0.2, 0.25) is 11.8 Å². The van der Waals surface area contributed by atoms with Crippen molar-refractivity contribution in [3.05, 3.63) is 65.2 Å². The molecule has 1 heterocycles. The molecule has 0 fully saturated rings. The lowest BCUT2D eigenvalue weighted by atomic mass is 9.95. The Morgan fingerprint density at radius 3 is 2.47 bits per heavy atom. The second-order valence-electron chi connectivity index (χ2n) is 8.01. The minimum atomic E-state index is -0.561. The zero-order chi connectivity index (χ0) is 21.5. The number of carbonyl (C=O) groups excluding carboxylic acids is 2. The Balaban J connectivity index is 1.63. The van der Waals surface area contributed by atoms with Gasteiger partial charge in [-0.15, -0.1) is 0 Å². The van der Waals surface area contributed by atoms with Gasteiger partial charge in [-0.2, -0.15) is 11.8 Å². The Hall–Kier alpha value is -2.31. The van der Waals surface area contributed by atoms with Gasteiger partial charge in [0.05, 0.1) is 6.04 Å². The highest BCUT2D eigenvalue weighted by Crippen LogP contribution is 2.18. The Morgan fingerprint density at radius 2 is 1.80 bits per heavy atom. The number of hydrogen-bond donors (Lipinski definition) is 3. The fraction of sp³-hybridized carbons (Fsp3) is 0.417. The molecule has 0 radical (unpaired) electrons. The molecule has 0 bridgehead atoms. The van der Waals surface area contributed by atoms with Gasteiger partial charge in [-0.1, -0.05) is 50.2 Å². The zero-order valence-electron chi connectivity index (χ0n) is 17.9. The second kappa shape index (κ2) is 10.6. The van der Waals surface area contributed by atoms with Gasteiger partial charge < -0.3 is 16.0 Å². The molecular formula is C24H31N3O2S. The third kappa shape index (κ3) is 5.86. The van der Waals surface area contributed by atoms with Crippen molar-refractivity contribution in [2.75, 3.05) is 17.3 Å². The van der Waals surface area contributed by atoms with Crippen LogP contribution in [0.5, 0.6) is 0 Å². The average Bonchev–Trinajstić information content (AvgIpc) is 2.76. The third-order valence-corrected chi connectivity index (χ3v) is 6.13. The van der Waals surface area contributed by atoms with Gasteiger partial charge in [-0.25, -0.2) is 0 Å². The van der Waals surface area contributed by atoms with Crippen molar-refractivity contribution in [2.24, 2.45) is 0 Å². The highest BCUT2D eigenvalue weighted by Gasteiger charge is 2.28. The fourth-order valence-corrected chi connectivity index (χ4v) is 4.07. The van der Waals surface area contributed by atoms with E-state index in [-0.39, 0.29) is 17.9 Å². The number of amides is 2. The molecule has 30 heavy (non-hydrogen) atoms. The first-order chi connectivity index (χ1) is 14.5. The molecule has 6 heteroatoms. The normalized spacial score (nSPS) is 16.6. The summed E-state index contributed by atoms with van der Waals surface area (Å²) in [5.41, 5.74) is 4.39. The summed E-state index contributed by atoms with van der Waals surface area (Å²) < 4.78 is 0. The molecule has 2 aromatic carbocycles. The van der Waals surface area contributed by atoms with Crippen molar-refractivity contribution in [1.82, 2.24) is 10.6 Å². The van der Waals surface area contributed by atoms with E-state index in [4.69, 9.17) is 0 Å². The second-order valence-corrected chi connectivity index (χ2v) is 9.00. The van der Waals surface area contributed by atoms with Gasteiger partial charge in [0.25, 0.3) is 0 Å². The first-order valence-electron chi connectivity index (χ1n) is 10.5. The van der Waals surface area contributed by atoms with E-state index in [0.717, 1.165) is 11.4 Å². The summed E-state index contributed by atoms with van der Waals surface area (Å²) in [5.74, 6) is 0.939. The smallest absolute Gasteiger partial charge is 0.246 e. The molecule has 1 aliphatic heterocycles. The molecule has 5 nitrogen and oxygen atoms in total. The topological polar surface area (TPSA) is 70.2 Å². The highest BCUT2D eigenvalue weighted by molar-refractivity contribution is 7.98. The maximum atomic E-state index is 12.9. The van der Waals surface area contributed by atoms with Crippen molar-refractivity contribution in [3.63, 3.8) is 0 Å². The van der Waals surface area contributed by atoms with Crippen molar-refractivity contribution in [2.45, 2.75) is 51.2 Å². The quantitative estimate of drug-likeness (QED) is 0.603. The number of nitrogens with one attached hydrogen (secondary N) is 3. The predicted octanol–water partition coefficient (Wildman–Crippen LogP) is 3.70. The predicted molar refractivity (Wildman–Crippen MR) is 125 cm³/mol. The number of carbonyl (C=O) groups is 2. The van der Waals surface area contributed by atoms with Gasteiger partial charge in [-0.05, 0) is 59.6 Å². The van der Waals surface area contributed by atoms with E-state index < -0.39 is 6.04 Å². The summed E-state index contributed by atoms with van der Waals surface area (Å²) in [6.45, 7) is 4.94. The number of rotatable bonds is 8. The van der Waals surface area contributed by atoms with E-state index >= 15 is 0 Å². The Morgan fingerprint density at radius 1 is 1.10 bits per heavy atom. The van der Waals surface area contributed by atoms with E-state index in [1.807, 2.05) is 42.7 Å². The molecule has 0 saturated heterocycles. The van der Waals surface area contributed by atoms with Crippen LogP contribution in [0.15, 0.2) is 48.5 Å². The first kappa shape index (κ1) is 22.4. The largest absolute Gasteiger partial charge is 0.343 e. The molecule has 0 unspecified atom stereocenters. The molecule has 0 aromatic heterocycles. The Bertz CT molecular complexity index is 867. The molecule has 2 amide bonds. The number of fused-ring (bicyclic) bond motifs is 1. The van der Waals surface area contributed by atoms with E-state index in [9.17, 15) is 9.59 Å². The molecule has 2 atom stereocenters. The summed E-state index contributed by atoms with van der Waals surface area (Å²) in [6.07, 6.45) is 3.22. The molecule has 2 aromatic rings. The van der Waals surface area contributed by atoms with Crippen LogP contribution in [0.1, 0.15) is 42.9 Å². The van der Waals surface area contributed by atoms with Crippen LogP contribution in [-0.4, -0.2) is 35.9 Å². The molecule has 0 spiro atoms. The van der Waals surface area contributed by atoms with Gasteiger partial charge in [0.15, 0.2) is 0 Å². The van der Waals surface area contributed by atoms with E-state index in [0.29, 0.717) is 25.3 Å². The third-order valence-electron chi connectivity index (χ3n) is 5.49. The van der Waals surface area contributed by atoms with Crippen LogP contribution in [0.4, 0.5) is 5.69 Å². The summed E-state index contributed by atoms with van der Waals surface area (Å²) in [4.78, 5) is 25.8. The lowest BCUT2D eigenvalue weighted by Crippen LogP contribution is -2.53. The van der Waals surface area contributed by atoms with Gasteiger partial charge in [-0.3, -0.25) is 9.59 Å². The van der Waals surface area contributed by atoms with Crippen LogP contribution in [0.25, 0.3) is 0 Å². The van der Waals surface area contributed by atoms with Crippen LogP contribution >= 0.6 is 11.8 Å². The average molecular weight is 426 g/mol. The molecule has 3 N–H and O–H groups in total. The minimum Gasteiger partial charge on any atom is -0.343 e. The van der Waals surface area contributed by atoms with Gasteiger partial charge in [0, 0.05) is 12.2 Å². The molecule has 0 aliphatic carbocycles. The molecule has 0 saturated carbocycles. The molecule has 3 rings (SSSR count). The number of thioether (sulfide) groups is 1. The zero-order valence-corrected chi connectivity index (χ0v) is 18.7. The Kier molecular flexibility index (Phi) is 7.94.